The summed E-state index contributed by atoms with van der Waals surface area (Å²) in [6, 6.07) is 3.81. The van der Waals surface area contributed by atoms with Crippen molar-refractivity contribution in [2.75, 3.05) is 24.5 Å². The van der Waals surface area contributed by atoms with Gasteiger partial charge in [0.2, 0.25) is 5.95 Å². The van der Waals surface area contributed by atoms with Crippen LogP contribution >= 0.6 is 11.6 Å². The first-order valence-corrected chi connectivity index (χ1v) is 16.2. The van der Waals surface area contributed by atoms with E-state index in [1.54, 1.807) is 12.4 Å². The van der Waals surface area contributed by atoms with Crippen LogP contribution in [0.3, 0.4) is 0 Å². The molecule has 3 aromatic rings. The Kier molecular flexibility index (Phi) is 8.82. The molecule has 236 valence electrons. The molecule has 3 atom stereocenters. The second-order valence-electron chi connectivity index (χ2n) is 12.6. The van der Waals surface area contributed by atoms with E-state index in [2.05, 4.69) is 58.3 Å². The minimum Gasteiger partial charge on any atom is -0.351 e. The zero-order chi connectivity index (χ0) is 31.0. The molecule has 12 nitrogen and oxygen atoms in total. The molecule has 44 heavy (non-hydrogen) atoms. The number of hydrogen-bond donors (Lipinski definition) is 3. The number of nitrogens with zero attached hydrogens (tertiary/aromatic N) is 6. The lowest BCUT2D eigenvalue weighted by Gasteiger charge is -2.45. The number of rotatable bonds is 7. The number of hydroxylamine groups is 1. The van der Waals surface area contributed by atoms with E-state index in [0.29, 0.717) is 42.0 Å². The van der Waals surface area contributed by atoms with Crippen LogP contribution in [-0.2, 0) is 11.4 Å². The lowest BCUT2D eigenvalue weighted by atomic mass is 9.83. The molecule has 0 aromatic carbocycles. The summed E-state index contributed by atoms with van der Waals surface area (Å²) in [5.74, 6) is 2.11. The van der Waals surface area contributed by atoms with Gasteiger partial charge in [0.05, 0.1) is 27.4 Å². The Balaban J connectivity index is 1.47. The monoisotopic (exact) mass is 623 g/mol. The fourth-order valence-corrected chi connectivity index (χ4v) is 7.02. The van der Waals surface area contributed by atoms with E-state index in [1.165, 1.54) is 12.8 Å². The predicted molar refractivity (Wildman–Crippen MR) is 169 cm³/mol. The number of hydrogen-bond acceptors (Lipinski definition) is 8. The largest absolute Gasteiger partial charge is 0.427 e. The maximum Gasteiger partial charge on any atom is 0.427 e. The Hall–Kier alpha value is -3.64. The van der Waals surface area contributed by atoms with Crippen LogP contribution in [0.15, 0.2) is 24.5 Å². The van der Waals surface area contributed by atoms with Gasteiger partial charge in [0.15, 0.2) is 6.17 Å². The number of urea groups is 1. The van der Waals surface area contributed by atoms with Gasteiger partial charge in [-0.3, -0.25) is 10.3 Å². The third-order valence-corrected chi connectivity index (χ3v) is 9.28. The normalized spacial score (nSPS) is 25.7. The molecule has 1 saturated carbocycles. The summed E-state index contributed by atoms with van der Waals surface area (Å²) in [6.45, 7) is 11.4. The van der Waals surface area contributed by atoms with Crippen molar-refractivity contribution in [1.29, 1.82) is 0 Å². The molecule has 0 spiro atoms. The van der Waals surface area contributed by atoms with Crippen LogP contribution in [0, 0.1) is 11.8 Å². The summed E-state index contributed by atoms with van der Waals surface area (Å²) in [7, 11) is 0. The lowest BCUT2D eigenvalue weighted by molar-refractivity contribution is 0.121. The molecule has 3 aliphatic rings. The molecule has 0 radical (unpaired) electrons. The Morgan fingerprint density at radius 3 is 2.50 bits per heavy atom. The molecule has 5 heterocycles. The van der Waals surface area contributed by atoms with Crippen LogP contribution in [0.5, 0.6) is 0 Å². The van der Waals surface area contributed by atoms with E-state index in [9.17, 15) is 9.59 Å². The van der Waals surface area contributed by atoms with E-state index < -0.39 is 12.3 Å². The third-order valence-electron chi connectivity index (χ3n) is 9.07. The highest BCUT2D eigenvalue weighted by Gasteiger charge is 2.36. The molecule has 3 aromatic heterocycles. The van der Waals surface area contributed by atoms with E-state index >= 15 is 0 Å². The number of anilines is 1. The molecular formula is C31H42ClN9O3. The van der Waals surface area contributed by atoms with Crippen molar-refractivity contribution >= 4 is 40.7 Å². The van der Waals surface area contributed by atoms with Gasteiger partial charge in [-0.25, -0.2) is 19.6 Å². The van der Waals surface area contributed by atoms with Gasteiger partial charge in [0.1, 0.15) is 0 Å². The number of piperazine rings is 1. The van der Waals surface area contributed by atoms with E-state index in [1.807, 2.05) is 17.0 Å². The number of fused-ring (bicyclic) bond motifs is 1. The first-order valence-electron chi connectivity index (χ1n) is 15.8. The summed E-state index contributed by atoms with van der Waals surface area (Å²) in [6.07, 6.45) is 7.80. The molecule has 0 bridgehead atoms. The molecule has 2 aliphatic heterocycles. The maximum absolute atomic E-state index is 12.9. The number of carbonyl (C=O) groups excluding carboxylic acids is 2. The summed E-state index contributed by atoms with van der Waals surface area (Å²) in [4.78, 5) is 48.7. The SMILES string of the molecule is CCCNC(=O)N1C[C@@H](C)N(c2nc3cc(C4NOC(=O)N4)nc(-c4cncc(Cl)c4)c3n2CC2CCC(C)CC2)[C@H](C)C1. The number of halogens is 1. The highest BCUT2D eigenvalue weighted by Crippen LogP contribution is 2.38. The lowest BCUT2D eigenvalue weighted by Crippen LogP contribution is -2.60. The number of carbonyl (C=O) groups is 2. The van der Waals surface area contributed by atoms with Crippen LogP contribution in [0.2, 0.25) is 5.02 Å². The van der Waals surface area contributed by atoms with Gasteiger partial charge in [0.25, 0.3) is 0 Å². The number of pyridine rings is 2. The van der Waals surface area contributed by atoms with Crippen LogP contribution in [0.1, 0.15) is 71.7 Å². The standard InChI is InChI=1S/C31H42ClN9O3/c1-5-10-34-30(42)39-15-19(3)41(20(4)16-39)29-36-24-12-25(28-37-31(43)44-38-28)35-26(22-11-23(32)14-33-13-22)27(24)40(29)17-21-8-6-18(2)7-9-21/h11-14,18-21,28,38H,5-10,15-17H2,1-4H3,(H,34,42)(H,37,43)/t18?,19-,20-,21?,28?/m1/s1. The Morgan fingerprint density at radius 1 is 1.09 bits per heavy atom. The molecule has 6 rings (SSSR count). The first kappa shape index (κ1) is 30.4. The third kappa shape index (κ3) is 6.14. The Bertz CT molecular complexity index is 1510. The summed E-state index contributed by atoms with van der Waals surface area (Å²) in [5, 5.41) is 6.30. The van der Waals surface area contributed by atoms with Gasteiger partial charge in [-0.1, -0.05) is 38.3 Å². The molecule has 3 fully saturated rings. The molecule has 2 saturated heterocycles. The topological polar surface area (TPSA) is 130 Å². The highest BCUT2D eigenvalue weighted by molar-refractivity contribution is 6.30. The summed E-state index contributed by atoms with van der Waals surface area (Å²) in [5.41, 5.74) is 6.41. The van der Waals surface area contributed by atoms with Crippen molar-refractivity contribution < 1.29 is 14.4 Å². The minimum absolute atomic E-state index is 0.0204. The quantitative estimate of drug-likeness (QED) is 0.326. The van der Waals surface area contributed by atoms with Crippen LogP contribution in [0.4, 0.5) is 15.5 Å². The molecule has 1 unspecified atom stereocenters. The first-order chi connectivity index (χ1) is 21.2. The van der Waals surface area contributed by atoms with Crippen molar-refractivity contribution in [3.8, 4) is 11.3 Å². The molecule has 3 N–H and O–H groups in total. The van der Waals surface area contributed by atoms with Crippen molar-refractivity contribution in [3.05, 3.63) is 35.2 Å². The van der Waals surface area contributed by atoms with Gasteiger partial charge in [-0.2, -0.15) is 0 Å². The van der Waals surface area contributed by atoms with Crippen molar-refractivity contribution in [1.82, 2.24) is 40.5 Å². The minimum atomic E-state index is -0.630. The van der Waals surface area contributed by atoms with E-state index in [0.717, 1.165) is 54.3 Å². The number of amides is 3. The number of nitrogens with one attached hydrogen (secondary N) is 3. The van der Waals surface area contributed by atoms with Crippen molar-refractivity contribution in [2.24, 2.45) is 11.8 Å². The van der Waals surface area contributed by atoms with Gasteiger partial charge >= 0.3 is 12.1 Å². The van der Waals surface area contributed by atoms with Gasteiger partial charge in [0, 0.05) is 56.2 Å². The van der Waals surface area contributed by atoms with E-state index in [4.69, 9.17) is 26.4 Å². The average molecular weight is 624 g/mol. The number of aromatic nitrogens is 4. The second kappa shape index (κ2) is 12.8. The van der Waals surface area contributed by atoms with E-state index in [-0.39, 0.29) is 18.1 Å². The van der Waals surface area contributed by atoms with Crippen molar-refractivity contribution in [2.45, 2.75) is 84.6 Å². The zero-order valence-electron chi connectivity index (χ0n) is 25.8. The Morgan fingerprint density at radius 2 is 1.84 bits per heavy atom. The summed E-state index contributed by atoms with van der Waals surface area (Å²) >= 11 is 6.43. The average Bonchev–Trinajstić information content (AvgIpc) is 3.59. The van der Waals surface area contributed by atoms with Gasteiger partial charge < -0.3 is 24.5 Å². The van der Waals surface area contributed by atoms with Gasteiger partial charge in [-0.05, 0) is 57.1 Å². The van der Waals surface area contributed by atoms with Crippen molar-refractivity contribution in [3.63, 3.8) is 0 Å². The van der Waals surface area contributed by atoms with Crippen LogP contribution in [-0.4, -0.2) is 68.3 Å². The van der Waals surface area contributed by atoms with Crippen LogP contribution < -0.4 is 21.0 Å². The van der Waals surface area contributed by atoms with Crippen LogP contribution in [0.25, 0.3) is 22.3 Å². The van der Waals surface area contributed by atoms with Gasteiger partial charge in [-0.15, -0.1) is 5.48 Å². The molecular weight excluding hydrogens is 582 g/mol. The second-order valence-corrected chi connectivity index (χ2v) is 13.1. The number of imidazole rings is 1. The zero-order valence-corrected chi connectivity index (χ0v) is 26.6. The molecule has 1 aliphatic carbocycles. The highest BCUT2D eigenvalue weighted by atomic mass is 35.5. The summed E-state index contributed by atoms with van der Waals surface area (Å²) < 4.78 is 2.33. The molecule has 13 heteroatoms. The molecule has 3 amide bonds. The maximum atomic E-state index is 12.9. The fourth-order valence-electron chi connectivity index (χ4n) is 6.84. The predicted octanol–water partition coefficient (Wildman–Crippen LogP) is 5.23. The Labute approximate surface area is 262 Å². The fraction of sp³-hybridized carbons (Fsp3) is 0.581. The smallest absolute Gasteiger partial charge is 0.351 e.